The Morgan fingerprint density at radius 2 is 2.14 bits per heavy atom. The molecule has 0 aliphatic carbocycles. The summed E-state index contributed by atoms with van der Waals surface area (Å²) in [6, 6.07) is 3.82. The lowest BCUT2D eigenvalue weighted by Gasteiger charge is -2.00. The van der Waals surface area contributed by atoms with E-state index < -0.39 is 0 Å². The molecule has 0 atom stereocenters. The molecule has 0 amide bonds. The highest BCUT2D eigenvalue weighted by atomic mass is 16.4. The number of hydrogen-bond acceptors (Lipinski definition) is 3. The average molecular weight is 190 g/mol. The fourth-order valence-corrected chi connectivity index (χ4v) is 1.22. The van der Waals surface area contributed by atoms with E-state index in [-0.39, 0.29) is 0 Å². The van der Waals surface area contributed by atoms with Crippen LogP contribution in [0.4, 0.5) is 0 Å². The van der Waals surface area contributed by atoms with Crippen molar-refractivity contribution < 1.29 is 5.21 Å². The number of rotatable bonds is 3. The van der Waals surface area contributed by atoms with Gasteiger partial charge in [0.05, 0.1) is 5.71 Å². The van der Waals surface area contributed by atoms with E-state index in [2.05, 4.69) is 10.1 Å². The third kappa shape index (κ3) is 2.69. The second kappa shape index (κ2) is 5.17. The summed E-state index contributed by atoms with van der Waals surface area (Å²) < 4.78 is 0. The maximum Gasteiger partial charge on any atom is 0.0822 e. The van der Waals surface area contributed by atoms with Crippen LogP contribution in [-0.2, 0) is 0 Å². The predicted molar refractivity (Wildman–Crippen MR) is 57.4 cm³/mol. The normalized spacial score (nSPS) is 13.0. The van der Waals surface area contributed by atoms with Gasteiger partial charge >= 0.3 is 0 Å². The molecule has 0 saturated heterocycles. The van der Waals surface area contributed by atoms with Gasteiger partial charge in [-0.1, -0.05) is 12.1 Å². The zero-order valence-corrected chi connectivity index (χ0v) is 8.44. The lowest BCUT2D eigenvalue weighted by atomic mass is 10.1. The molecular weight excluding hydrogens is 176 g/mol. The average Bonchev–Trinajstić information content (AvgIpc) is 2.21. The quantitative estimate of drug-likeness (QED) is 0.452. The van der Waals surface area contributed by atoms with Crippen molar-refractivity contribution in [2.75, 3.05) is 0 Å². The second-order valence-corrected chi connectivity index (χ2v) is 3.01. The SMILES string of the molecule is CCC(=N\O)/C(C)=C/c1ccncc1. The summed E-state index contributed by atoms with van der Waals surface area (Å²) in [6.45, 7) is 3.89. The molecule has 1 N–H and O–H groups in total. The molecule has 0 fully saturated rings. The van der Waals surface area contributed by atoms with Gasteiger partial charge in [-0.2, -0.15) is 0 Å². The minimum absolute atomic E-state index is 0.710. The van der Waals surface area contributed by atoms with Crippen molar-refractivity contribution in [3.8, 4) is 0 Å². The standard InChI is InChI=1S/C11H14N2O/c1-3-11(13-14)9(2)8-10-4-6-12-7-5-10/h4-8,14H,3H2,1-2H3/b9-8+,13-11+. The molecule has 3 heteroatoms. The Morgan fingerprint density at radius 1 is 1.50 bits per heavy atom. The molecule has 0 bridgehead atoms. The monoisotopic (exact) mass is 190 g/mol. The van der Waals surface area contributed by atoms with Crippen LogP contribution >= 0.6 is 0 Å². The third-order valence-electron chi connectivity index (χ3n) is 2.00. The van der Waals surface area contributed by atoms with Crippen molar-refractivity contribution in [2.45, 2.75) is 20.3 Å². The summed E-state index contributed by atoms with van der Waals surface area (Å²) in [7, 11) is 0. The molecule has 3 nitrogen and oxygen atoms in total. The van der Waals surface area contributed by atoms with E-state index >= 15 is 0 Å². The molecule has 1 aromatic rings. The minimum atomic E-state index is 0.710. The first-order valence-electron chi connectivity index (χ1n) is 4.57. The molecular formula is C11H14N2O. The molecule has 0 saturated carbocycles. The second-order valence-electron chi connectivity index (χ2n) is 3.01. The first-order chi connectivity index (χ1) is 6.77. The molecule has 0 aliphatic heterocycles. The van der Waals surface area contributed by atoms with Crippen LogP contribution < -0.4 is 0 Å². The van der Waals surface area contributed by atoms with Crippen molar-refractivity contribution in [2.24, 2.45) is 5.16 Å². The number of pyridine rings is 1. The molecule has 0 radical (unpaired) electrons. The van der Waals surface area contributed by atoms with Crippen molar-refractivity contribution in [1.29, 1.82) is 0 Å². The zero-order chi connectivity index (χ0) is 10.4. The number of nitrogens with zero attached hydrogens (tertiary/aromatic N) is 2. The van der Waals surface area contributed by atoms with Crippen LogP contribution in [0, 0.1) is 0 Å². The van der Waals surface area contributed by atoms with Gasteiger partial charge < -0.3 is 5.21 Å². The molecule has 14 heavy (non-hydrogen) atoms. The van der Waals surface area contributed by atoms with Crippen LogP contribution in [0.1, 0.15) is 25.8 Å². The van der Waals surface area contributed by atoms with Gasteiger partial charge in [-0.3, -0.25) is 4.98 Å². The largest absolute Gasteiger partial charge is 0.411 e. The Morgan fingerprint density at radius 3 is 2.64 bits per heavy atom. The fourth-order valence-electron chi connectivity index (χ4n) is 1.22. The van der Waals surface area contributed by atoms with Gasteiger partial charge in [0.2, 0.25) is 0 Å². The summed E-state index contributed by atoms with van der Waals surface area (Å²) >= 11 is 0. The number of allylic oxidation sites excluding steroid dienone is 1. The van der Waals surface area contributed by atoms with E-state index in [1.165, 1.54) is 0 Å². The Hall–Kier alpha value is -1.64. The van der Waals surface area contributed by atoms with Gasteiger partial charge in [-0.05, 0) is 42.7 Å². The topological polar surface area (TPSA) is 45.5 Å². The van der Waals surface area contributed by atoms with E-state index in [1.807, 2.05) is 32.1 Å². The van der Waals surface area contributed by atoms with Gasteiger partial charge in [-0.25, -0.2) is 0 Å². The minimum Gasteiger partial charge on any atom is -0.411 e. The summed E-state index contributed by atoms with van der Waals surface area (Å²) in [5.74, 6) is 0. The summed E-state index contributed by atoms with van der Waals surface area (Å²) in [5.41, 5.74) is 2.75. The van der Waals surface area contributed by atoms with Gasteiger partial charge in [0.15, 0.2) is 0 Å². The lowest BCUT2D eigenvalue weighted by molar-refractivity contribution is 0.318. The molecule has 0 unspecified atom stereocenters. The van der Waals surface area contributed by atoms with E-state index in [4.69, 9.17) is 5.21 Å². The van der Waals surface area contributed by atoms with Crippen molar-refractivity contribution in [1.82, 2.24) is 4.98 Å². The van der Waals surface area contributed by atoms with Crippen LogP contribution in [0.3, 0.4) is 0 Å². The molecule has 1 aromatic heterocycles. The van der Waals surface area contributed by atoms with Gasteiger partial charge in [0, 0.05) is 12.4 Å². The number of aromatic nitrogens is 1. The van der Waals surface area contributed by atoms with Crippen molar-refractivity contribution in [3.63, 3.8) is 0 Å². The van der Waals surface area contributed by atoms with Crippen molar-refractivity contribution in [3.05, 3.63) is 35.7 Å². The first kappa shape index (κ1) is 10.4. The Balaban J connectivity index is 2.89. The number of hydrogen-bond donors (Lipinski definition) is 1. The van der Waals surface area contributed by atoms with E-state index in [9.17, 15) is 0 Å². The van der Waals surface area contributed by atoms with Crippen LogP contribution in [0.25, 0.3) is 6.08 Å². The van der Waals surface area contributed by atoms with E-state index in [0.29, 0.717) is 5.71 Å². The summed E-state index contributed by atoms with van der Waals surface area (Å²) in [6.07, 6.45) is 6.17. The lowest BCUT2D eigenvalue weighted by Crippen LogP contribution is -1.97. The fraction of sp³-hybridized carbons (Fsp3) is 0.273. The molecule has 0 aromatic carbocycles. The van der Waals surface area contributed by atoms with Crippen LogP contribution in [-0.4, -0.2) is 15.9 Å². The molecule has 0 aliphatic rings. The molecule has 74 valence electrons. The Kier molecular flexibility index (Phi) is 3.85. The van der Waals surface area contributed by atoms with Crippen molar-refractivity contribution >= 4 is 11.8 Å². The maximum atomic E-state index is 8.71. The smallest absolute Gasteiger partial charge is 0.0822 e. The summed E-state index contributed by atoms with van der Waals surface area (Å²) in [5, 5.41) is 11.9. The number of oxime groups is 1. The molecule has 1 rings (SSSR count). The van der Waals surface area contributed by atoms with Gasteiger partial charge in [0.25, 0.3) is 0 Å². The van der Waals surface area contributed by atoms with Gasteiger partial charge in [-0.15, -0.1) is 0 Å². The van der Waals surface area contributed by atoms with E-state index in [0.717, 1.165) is 17.6 Å². The predicted octanol–water partition coefficient (Wildman–Crippen LogP) is 2.73. The van der Waals surface area contributed by atoms with Gasteiger partial charge in [0.1, 0.15) is 0 Å². The molecule has 0 spiro atoms. The Bertz CT molecular complexity index is 342. The van der Waals surface area contributed by atoms with Crippen LogP contribution in [0.15, 0.2) is 35.3 Å². The van der Waals surface area contributed by atoms with Crippen LogP contribution in [0.5, 0.6) is 0 Å². The zero-order valence-electron chi connectivity index (χ0n) is 8.44. The third-order valence-corrected chi connectivity index (χ3v) is 2.00. The Labute approximate surface area is 83.8 Å². The highest BCUT2D eigenvalue weighted by Crippen LogP contribution is 2.08. The highest BCUT2D eigenvalue weighted by molar-refractivity contribution is 6.02. The van der Waals surface area contributed by atoms with E-state index in [1.54, 1.807) is 12.4 Å². The highest BCUT2D eigenvalue weighted by Gasteiger charge is 1.99. The summed E-state index contributed by atoms with van der Waals surface area (Å²) in [4.78, 5) is 3.93. The molecule has 1 heterocycles. The maximum absolute atomic E-state index is 8.71. The van der Waals surface area contributed by atoms with Crippen LogP contribution in [0.2, 0.25) is 0 Å². The first-order valence-corrected chi connectivity index (χ1v) is 4.57.